The number of rotatable bonds is 1. The maximum absolute atomic E-state index is 12.6. The molecule has 0 aromatic carbocycles. The molecule has 0 aliphatic heterocycles. The second-order valence-corrected chi connectivity index (χ2v) is 4.22. The van der Waals surface area contributed by atoms with Crippen LogP contribution in [0.1, 0.15) is 13.3 Å². The van der Waals surface area contributed by atoms with Gasteiger partial charge in [0.15, 0.2) is 11.7 Å². The predicted molar refractivity (Wildman–Crippen MR) is 44.9 cm³/mol. The van der Waals surface area contributed by atoms with Gasteiger partial charge in [-0.1, -0.05) is 22.9 Å². The van der Waals surface area contributed by atoms with Crippen LogP contribution in [0, 0.1) is 5.92 Å². The summed E-state index contributed by atoms with van der Waals surface area (Å²) in [5, 5.41) is 0. The summed E-state index contributed by atoms with van der Waals surface area (Å²) in [5.41, 5.74) is 0. The van der Waals surface area contributed by atoms with Crippen LogP contribution in [0.15, 0.2) is 23.6 Å². The molecule has 0 spiro atoms. The Bertz CT molecular complexity index is 243. The quantitative estimate of drug-likeness (QED) is 0.612. The molecule has 2 atom stereocenters. The monoisotopic (exact) mass is 240 g/mol. The van der Waals surface area contributed by atoms with Crippen LogP contribution in [0.2, 0.25) is 0 Å². The van der Waals surface area contributed by atoms with Crippen molar-refractivity contribution in [2.24, 2.45) is 5.92 Å². The minimum atomic E-state index is -1.35. The molecule has 1 rings (SSSR count). The van der Waals surface area contributed by atoms with E-state index in [9.17, 15) is 13.2 Å². The summed E-state index contributed by atoms with van der Waals surface area (Å²) in [6.45, 7) is 1.77. The minimum Gasteiger partial charge on any atom is -0.208 e. The maximum Gasteiger partial charge on any atom is 0.189 e. The Morgan fingerprint density at radius 3 is 2.50 bits per heavy atom. The minimum absolute atomic E-state index is 0.0536. The lowest BCUT2D eigenvalue weighted by Gasteiger charge is -2.18. The van der Waals surface area contributed by atoms with Crippen LogP contribution in [0.5, 0.6) is 0 Å². The van der Waals surface area contributed by atoms with Crippen molar-refractivity contribution < 1.29 is 13.2 Å². The zero-order chi connectivity index (χ0) is 9.30. The molecule has 0 heterocycles. The molecule has 0 amide bonds. The molecule has 0 N–H and O–H groups in total. The van der Waals surface area contributed by atoms with E-state index in [1.807, 2.05) is 0 Å². The van der Waals surface area contributed by atoms with Crippen LogP contribution in [-0.2, 0) is 0 Å². The smallest absolute Gasteiger partial charge is 0.189 e. The summed E-state index contributed by atoms with van der Waals surface area (Å²) in [6, 6.07) is 0. The Balaban J connectivity index is 2.84. The zero-order valence-electron chi connectivity index (χ0n) is 6.45. The van der Waals surface area contributed by atoms with Gasteiger partial charge in [0.25, 0.3) is 0 Å². The van der Waals surface area contributed by atoms with Gasteiger partial charge in [-0.25, -0.2) is 13.2 Å². The van der Waals surface area contributed by atoms with E-state index in [1.165, 1.54) is 0 Å². The second-order valence-electron chi connectivity index (χ2n) is 2.78. The fourth-order valence-electron chi connectivity index (χ4n) is 1.04. The molecule has 0 aromatic heterocycles. The Labute approximate surface area is 77.3 Å². The summed E-state index contributed by atoms with van der Waals surface area (Å²) in [5.74, 6) is -3.73. The molecular weight excluding hydrogens is 233 g/mol. The van der Waals surface area contributed by atoms with Crippen molar-refractivity contribution in [2.45, 2.75) is 18.2 Å². The number of alkyl halides is 1. The molecule has 0 saturated carbocycles. The van der Waals surface area contributed by atoms with Crippen LogP contribution < -0.4 is 0 Å². The first kappa shape index (κ1) is 9.84. The maximum atomic E-state index is 12.6. The summed E-state index contributed by atoms with van der Waals surface area (Å²) in [6.07, 6.45) is 1.05. The molecule has 0 radical (unpaired) electrons. The van der Waals surface area contributed by atoms with E-state index in [4.69, 9.17) is 0 Å². The lowest BCUT2D eigenvalue weighted by molar-refractivity contribution is 0.422. The standard InChI is InChI=1S/C8H8BrF3/c1-4(9)5-2-6(10)8(12)7(11)3-5/h2,4-5H,3H2,1H3. The van der Waals surface area contributed by atoms with E-state index in [0.717, 1.165) is 6.08 Å². The first-order valence-electron chi connectivity index (χ1n) is 3.58. The van der Waals surface area contributed by atoms with Crippen molar-refractivity contribution in [3.05, 3.63) is 23.6 Å². The van der Waals surface area contributed by atoms with E-state index in [-0.39, 0.29) is 17.2 Å². The fourth-order valence-corrected chi connectivity index (χ4v) is 1.38. The lowest BCUT2D eigenvalue weighted by Crippen LogP contribution is -2.12. The molecule has 4 heteroatoms. The van der Waals surface area contributed by atoms with Crippen molar-refractivity contribution in [3.8, 4) is 0 Å². The van der Waals surface area contributed by atoms with Gasteiger partial charge in [0, 0.05) is 11.2 Å². The van der Waals surface area contributed by atoms with E-state index < -0.39 is 17.5 Å². The zero-order valence-corrected chi connectivity index (χ0v) is 8.04. The highest BCUT2D eigenvalue weighted by molar-refractivity contribution is 9.09. The van der Waals surface area contributed by atoms with Crippen LogP contribution in [0.25, 0.3) is 0 Å². The molecule has 68 valence electrons. The molecule has 1 aliphatic carbocycles. The van der Waals surface area contributed by atoms with Gasteiger partial charge in [-0.05, 0) is 12.0 Å². The summed E-state index contributed by atoms with van der Waals surface area (Å²) < 4.78 is 37.7. The normalized spacial score (nSPS) is 27.1. The Morgan fingerprint density at radius 1 is 1.50 bits per heavy atom. The lowest BCUT2D eigenvalue weighted by atomic mass is 9.96. The number of halogens is 4. The topological polar surface area (TPSA) is 0 Å². The highest BCUT2D eigenvalue weighted by Gasteiger charge is 2.25. The summed E-state index contributed by atoms with van der Waals surface area (Å²) >= 11 is 3.19. The van der Waals surface area contributed by atoms with Gasteiger partial charge in [0.1, 0.15) is 5.83 Å². The van der Waals surface area contributed by atoms with Crippen molar-refractivity contribution >= 4 is 15.9 Å². The van der Waals surface area contributed by atoms with Crippen molar-refractivity contribution in [2.75, 3.05) is 0 Å². The van der Waals surface area contributed by atoms with Gasteiger partial charge >= 0.3 is 0 Å². The number of hydrogen-bond donors (Lipinski definition) is 0. The highest BCUT2D eigenvalue weighted by atomic mass is 79.9. The summed E-state index contributed by atoms with van der Waals surface area (Å²) in [7, 11) is 0. The molecule has 0 nitrogen and oxygen atoms in total. The first-order valence-corrected chi connectivity index (χ1v) is 4.50. The van der Waals surface area contributed by atoms with Gasteiger partial charge in [-0.2, -0.15) is 0 Å². The summed E-state index contributed by atoms with van der Waals surface area (Å²) in [4.78, 5) is -0.0536. The van der Waals surface area contributed by atoms with Gasteiger partial charge in [-0.15, -0.1) is 0 Å². The van der Waals surface area contributed by atoms with Crippen LogP contribution in [0.4, 0.5) is 13.2 Å². The number of allylic oxidation sites excluding steroid dienone is 4. The van der Waals surface area contributed by atoms with Gasteiger partial charge in [0.2, 0.25) is 0 Å². The molecule has 2 unspecified atom stereocenters. The predicted octanol–water partition coefficient (Wildman–Crippen LogP) is 3.79. The third-order valence-corrected chi connectivity index (χ3v) is 2.49. The third-order valence-electron chi connectivity index (χ3n) is 1.81. The largest absolute Gasteiger partial charge is 0.208 e. The molecular formula is C8H8BrF3. The number of hydrogen-bond acceptors (Lipinski definition) is 0. The third kappa shape index (κ3) is 1.91. The highest BCUT2D eigenvalue weighted by Crippen LogP contribution is 2.34. The van der Waals surface area contributed by atoms with Crippen molar-refractivity contribution in [3.63, 3.8) is 0 Å². The molecule has 0 aromatic rings. The van der Waals surface area contributed by atoms with Crippen molar-refractivity contribution in [1.82, 2.24) is 0 Å². The van der Waals surface area contributed by atoms with Crippen LogP contribution in [0.3, 0.4) is 0 Å². The fraction of sp³-hybridized carbons (Fsp3) is 0.500. The Morgan fingerprint density at radius 2 is 2.08 bits per heavy atom. The van der Waals surface area contributed by atoms with E-state index >= 15 is 0 Å². The molecule has 0 saturated heterocycles. The Kier molecular flexibility index (Phi) is 2.99. The van der Waals surface area contributed by atoms with Gasteiger partial charge in [-0.3, -0.25) is 0 Å². The van der Waals surface area contributed by atoms with E-state index in [2.05, 4.69) is 15.9 Å². The second kappa shape index (κ2) is 3.64. The van der Waals surface area contributed by atoms with E-state index in [1.54, 1.807) is 6.92 Å². The van der Waals surface area contributed by atoms with Crippen LogP contribution in [-0.4, -0.2) is 4.83 Å². The molecule has 0 fully saturated rings. The first-order chi connectivity index (χ1) is 5.52. The van der Waals surface area contributed by atoms with Gasteiger partial charge < -0.3 is 0 Å². The Hall–Kier alpha value is -0.250. The van der Waals surface area contributed by atoms with Crippen LogP contribution >= 0.6 is 15.9 Å². The SMILES string of the molecule is CC(Br)C1C=C(F)C(F)=C(F)C1. The average molecular weight is 241 g/mol. The molecule has 1 aliphatic rings. The van der Waals surface area contributed by atoms with Gasteiger partial charge in [0.05, 0.1) is 0 Å². The molecule has 12 heavy (non-hydrogen) atoms. The van der Waals surface area contributed by atoms with E-state index in [0.29, 0.717) is 0 Å². The van der Waals surface area contributed by atoms with Crippen molar-refractivity contribution in [1.29, 1.82) is 0 Å². The average Bonchev–Trinajstić information content (AvgIpc) is 1.99. The molecule has 0 bridgehead atoms.